The number of hydrogen-bond acceptors (Lipinski definition) is 4. The van der Waals surface area contributed by atoms with Gasteiger partial charge in [0.15, 0.2) is 0 Å². The van der Waals surface area contributed by atoms with Crippen molar-refractivity contribution in [3.63, 3.8) is 0 Å². The van der Waals surface area contributed by atoms with Crippen LogP contribution in [0.25, 0.3) is 0 Å². The Morgan fingerprint density at radius 3 is 1.91 bits per heavy atom. The van der Waals surface area contributed by atoms with Crippen molar-refractivity contribution in [1.29, 1.82) is 0 Å². The lowest BCUT2D eigenvalue weighted by molar-refractivity contribution is -0.122. The van der Waals surface area contributed by atoms with Crippen LogP contribution in [0.1, 0.15) is 51.8 Å². The fraction of sp³-hybridized carbons (Fsp3) is 0.321. The Morgan fingerprint density at radius 2 is 1.40 bits per heavy atom. The van der Waals surface area contributed by atoms with Crippen LogP contribution in [0.2, 0.25) is 0 Å². The molecule has 0 unspecified atom stereocenters. The van der Waals surface area contributed by atoms with Crippen molar-refractivity contribution in [2.75, 3.05) is 10.6 Å². The number of hydrogen-bond donors (Lipinski definition) is 1. The molecule has 0 spiro atoms. The molecular formula is C28H34N2O4S. The molecule has 0 aliphatic carbocycles. The maximum absolute atomic E-state index is 13.1. The van der Waals surface area contributed by atoms with Gasteiger partial charge >= 0.3 is 0 Å². The number of nitrogens with zero attached hydrogens (tertiary/aromatic N) is 1. The minimum absolute atomic E-state index is 0.0389. The summed E-state index contributed by atoms with van der Waals surface area (Å²) in [7, 11) is -3.72. The second-order valence-electron chi connectivity index (χ2n) is 9.75. The highest BCUT2D eigenvalue weighted by atomic mass is 32.2. The second-order valence-corrected chi connectivity index (χ2v) is 11.6. The Hall–Kier alpha value is -3.32. The number of ether oxygens (including phenoxy) is 1. The lowest BCUT2D eigenvalue weighted by atomic mass is 9.86. The Labute approximate surface area is 209 Å². The molecule has 6 nitrogen and oxygen atoms in total. The number of sulfonamides is 1. The van der Waals surface area contributed by atoms with Gasteiger partial charge in [0.1, 0.15) is 17.5 Å². The van der Waals surface area contributed by atoms with E-state index in [0.29, 0.717) is 17.2 Å². The predicted molar refractivity (Wildman–Crippen MR) is 141 cm³/mol. The average Bonchev–Trinajstić information content (AvgIpc) is 2.79. The van der Waals surface area contributed by atoms with Crippen LogP contribution in [0.4, 0.5) is 5.69 Å². The molecule has 3 aromatic rings. The van der Waals surface area contributed by atoms with Crippen LogP contribution in [0.15, 0.2) is 78.9 Å². The van der Waals surface area contributed by atoms with Gasteiger partial charge in [0.05, 0.1) is 18.0 Å². The molecule has 0 saturated heterocycles. The summed E-state index contributed by atoms with van der Waals surface area (Å²) in [5.74, 6) is 0.864. The van der Waals surface area contributed by atoms with Gasteiger partial charge in [-0.3, -0.25) is 9.10 Å². The molecular weight excluding hydrogens is 460 g/mol. The zero-order valence-corrected chi connectivity index (χ0v) is 22.0. The van der Waals surface area contributed by atoms with Crippen LogP contribution >= 0.6 is 0 Å². The molecule has 1 N–H and O–H groups in total. The normalized spacial score (nSPS) is 13.5. The minimum atomic E-state index is -3.72. The highest BCUT2D eigenvalue weighted by molar-refractivity contribution is 7.92. The van der Waals surface area contributed by atoms with Gasteiger partial charge in [-0.05, 0) is 66.8 Å². The molecule has 1 amide bonds. The SMILES string of the molecule is C[C@H](NC(=O)[C@H](C)N(c1ccc(Oc2ccccc2)cc1)S(C)(=O)=O)c1ccc(C(C)(C)C)cc1. The molecule has 0 aliphatic rings. The van der Waals surface area contributed by atoms with E-state index < -0.39 is 16.1 Å². The van der Waals surface area contributed by atoms with E-state index in [4.69, 9.17) is 4.74 Å². The lowest BCUT2D eigenvalue weighted by Crippen LogP contribution is -2.48. The number of carbonyl (C=O) groups is 1. The maximum atomic E-state index is 13.1. The number of para-hydroxylation sites is 1. The van der Waals surface area contributed by atoms with E-state index >= 15 is 0 Å². The van der Waals surface area contributed by atoms with Crippen molar-refractivity contribution >= 4 is 21.6 Å². The Balaban J connectivity index is 1.74. The van der Waals surface area contributed by atoms with Crippen molar-refractivity contribution < 1.29 is 17.9 Å². The summed E-state index contributed by atoms with van der Waals surface area (Å²) in [6.07, 6.45) is 1.10. The van der Waals surface area contributed by atoms with E-state index in [1.165, 1.54) is 5.56 Å². The number of nitrogens with one attached hydrogen (secondary N) is 1. The number of carbonyl (C=O) groups excluding carboxylic acids is 1. The fourth-order valence-corrected chi connectivity index (χ4v) is 4.96. The number of rotatable bonds is 8. The Bertz CT molecular complexity index is 1230. The third kappa shape index (κ3) is 6.85. The van der Waals surface area contributed by atoms with Gasteiger partial charge in [-0.1, -0.05) is 63.2 Å². The van der Waals surface area contributed by atoms with Crippen molar-refractivity contribution in [2.45, 2.75) is 52.1 Å². The summed E-state index contributed by atoms with van der Waals surface area (Å²) in [6, 6.07) is 22.8. The summed E-state index contributed by atoms with van der Waals surface area (Å²) in [6.45, 7) is 9.91. The third-order valence-electron chi connectivity index (χ3n) is 5.79. The first-order valence-corrected chi connectivity index (χ1v) is 13.4. The fourth-order valence-electron chi connectivity index (χ4n) is 3.78. The van der Waals surface area contributed by atoms with E-state index in [9.17, 15) is 13.2 Å². The van der Waals surface area contributed by atoms with Gasteiger partial charge in [0.2, 0.25) is 15.9 Å². The van der Waals surface area contributed by atoms with Gasteiger partial charge < -0.3 is 10.1 Å². The third-order valence-corrected chi connectivity index (χ3v) is 7.04. The van der Waals surface area contributed by atoms with E-state index in [1.807, 2.05) is 49.4 Å². The van der Waals surface area contributed by atoms with Crippen molar-refractivity contribution in [1.82, 2.24) is 5.32 Å². The zero-order chi connectivity index (χ0) is 25.8. The van der Waals surface area contributed by atoms with Gasteiger partial charge in [0, 0.05) is 0 Å². The Kier molecular flexibility index (Phi) is 7.90. The van der Waals surface area contributed by atoms with Gasteiger partial charge in [-0.2, -0.15) is 0 Å². The highest BCUT2D eigenvalue weighted by Crippen LogP contribution is 2.28. The minimum Gasteiger partial charge on any atom is -0.457 e. The number of benzene rings is 3. The molecule has 186 valence electrons. The van der Waals surface area contributed by atoms with Gasteiger partial charge in [0.25, 0.3) is 0 Å². The first kappa shape index (κ1) is 26.3. The quantitative estimate of drug-likeness (QED) is 0.429. The summed E-state index contributed by atoms with van der Waals surface area (Å²) in [5, 5.41) is 2.95. The summed E-state index contributed by atoms with van der Waals surface area (Å²) in [4.78, 5) is 13.1. The smallest absolute Gasteiger partial charge is 0.244 e. The Morgan fingerprint density at radius 1 is 0.857 bits per heavy atom. The first-order chi connectivity index (χ1) is 16.4. The average molecular weight is 495 g/mol. The first-order valence-electron chi connectivity index (χ1n) is 11.6. The van der Waals surface area contributed by atoms with Crippen molar-refractivity contribution in [3.05, 3.63) is 90.0 Å². The molecule has 3 rings (SSSR count). The molecule has 0 aliphatic heterocycles. The molecule has 0 aromatic heterocycles. The highest BCUT2D eigenvalue weighted by Gasteiger charge is 2.30. The molecule has 7 heteroatoms. The summed E-state index contributed by atoms with van der Waals surface area (Å²) < 4.78 is 32.2. The van der Waals surface area contributed by atoms with Crippen molar-refractivity contribution in [2.24, 2.45) is 0 Å². The van der Waals surface area contributed by atoms with Crippen LogP contribution in [0.3, 0.4) is 0 Å². The zero-order valence-electron chi connectivity index (χ0n) is 21.1. The van der Waals surface area contributed by atoms with E-state index in [-0.39, 0.29) is 17.4 Å². The number of amides is 1. The second kappa shape index (κ2) is 10.5. The van der Waals surface area contributed by atoms with E-state index in [1.54, 1.807) is 31.2 Å². The monoisotopic (exact) mass is 494 g/mol. The summed E-state index contributed by atoms with van der Waals surface area (Å²) in [5.41, 5.74) is 2.58. The molecule has 0 saturated carbocycles. The number of anilines is 1. The predicted octanol–water partition coefficient (Wildman–Crippen LogP) is 5.81. The largest absolute Gasteiger partial charge is 0.457 e. The molecule has 2 atom stereocenters. The lowest BCUT2D eigenvalue weighted by Gasteiger charge is -2.29. The van der Waals surface area contributed by atoms with Crippen LogP contribution in [0.5, 0.6) is 11.5 Å². The van der Waals surface area contributed by atoms with Gasteiger partial charge in [-0.15, -0.1) is 0 Å². The summed E-state index contributed by atoms with van der Waals surface area (Å²) >= 11 is 0. The van der Waals surface area contributed by atoms with Crippen LogP contribution in [0, 0.1) is 0 Å². The standard InChI is InChI=1S/C28H34N2O4S/c1-20(22-12-14-23(15-13-22)28(3,4)5)29-27(31)21(2)30(35(6,32)33)24-16-18-26(19-17-24)34-25-10-8-7-9-11-25/h7-21H,1-6H3,(H,29,31)/t20-,21-/m0/s1. The van der Waals surface area contributed by atoms with Crippen LogP contribution in [-0.2, 0) is 20.2 Å². The van der Waals surface area contributed by atoms with Crippen LogP contribution in [-0.4, -0.2) is 26.6 Å². The molecule has 0 bridgehead atoms. The van der Waals surface area contributed by atoms with Crippen LogP contribution < -0.4 is 14.4 Å². The van der Waals surface area contributed by atoms with Gasteiger partial charge in [-0.25, -0.2) is 8.42 Å². The molecule has 0 fully saturated rings. The molecule has 35 heavy (non-hydrogen) atoms. The van der Waals surface area contributed by atoms with E-state index in [2.05, 4.69) is 38.2 Å². The topological polar surface area (TPSA) is 75.7 Å². The maximum Gasteiger partial charge on any atom is 0.244 e. The molecule has 0 radical (unpaired) electrons. The molecule has 0 heterocycles. The van der Waals surface area contributed by atoms with Crippen molar-refractivity contribution in [3.8, 4) is 11.5 Å². The molecule has 3 aromatic carbocycles. The van der Waals surface area contributed by atoms with E-state index in [0.717, 1.165) is 16.1 Å².